The minimum atomic E-state index is -4.51. The average molecular weight is 595 g/mol. The summed E-state index contributed by atoms with van der Waals surface area (Å²) in [5.41, 5.74) is 2.33. The van der Waals surface area contributed by atoms with Crippen LogP contribution in [0.3, 0.4) is 0 Å². The van der Waals surface area contributed by atoms with Crippen molar-refractivity contribution >= 4 is 27.7 Å². The van der Waals surface area contributed by atoms with Crippen molar-refractivity contribution in [2.45, 2.75) is 51.1 Å². The van der Waals surface area contributed by atoms with E-state index in [4.69, 9.17) is 9.47 Å². The van der Waals surface area contributed by atoms with Gasteiger partial charge in [0, 0.05) is 36.2 Å². The lowest BCUT2D eigenvalue weighted by Gasteiger charge is -2.18. The number of esters is 1. The molecule has 0 amide bonds. The standard InChI is InChI=1S/C27H30BrF3N4O3/c1-3-37-25(36)14-19(18-11-20(27(29,30)31)15-21(28)12-18)13-23-16-24(35(2)34-23)38-10-8-22-7-6-17-5-4-9-32-26(17)33-22/h6-7,11-12,15-16,19H,3-5,8-10,13-14H2,1-2H3,(H,32,33). The van der Waals surface area contributed by atoms with Crippen molar-refractivity contribution in [1.29, 1.82) is 0 Å². The van der Waals surface area contributed by atoms with Crippen LogP contribution in [0, 0.1) is 0 Å². The predicted molar refractivity (Wildman–Crippen MR) is 140 cm³/mol. The van der Waals surface area contributed by atoms with Gasteiger partial charge in [-0.3, -0.25) is 4.79 Å². The minimum absolute atomic E-state index is 0.0770. The normalized spacial score (nSPS) is 13.9. The number of carbonyl (C=O) groups excluding carboxylic acids is 1. The molecular formula is C27H30BrF3N4O3. The monoisotopic (exact) mass is 594 g/mol. The van der Waals surface area contributed by atoms with Gasteiger partial charge in [-0.1, -0.05) is 22.0 Å². The zero-order valence-electron chi connectivity index (χ0n) is 21.3. The molecule has 7 nitrogen and oxygen atoms in total. The molecule has 3 aromatic rings. The molecule has 2 aromatic heterocycles. The number of alkyl halides is 3. The van der Waals surface area contributed by atoms with E-state index in [0.29, 0.717) is 30.2 Å². The van der Waals surface area contributed by atoms with Crippen molar-refractivity contribution in [2.75, 3.05) is 25.1 Å². The van der Waals surface area contributed by atoms with Gasteiger partial charge in [0.25, 0.3) is 0 Å². The van der Waals surface area contributed by atoms with Crippen LogP contribution >= 0.6 is 15.9 Å². The number of aryl methyl sites for hydroxylation is 2. The Morgan fingerprint density at radius 1 is 1.21 bits per heavy atom. The average Bonchev–Trinajstić information content (AvgIpc) is 3.21. The molecule has 11 heteroatoms. The van der Waals surface area contributed by atoms with Crippen molar-refractivity contribution in [1.82, 2.24) is 14.8 Å². The first-order valence-corrected chi connectivity index (χ1v) is 13.3. The van der Waals surface area contributed by atoms with E-state index < -0.39 is 23.6 Å². The maximum absolute atomic E-state index is 13.4. The van der Waals surface area contributed by atoms with E-state index in [1.54, 1.807) is 30.8 Å². The molecule has 1 unspecified atom stereocenters. The summed E-state index contributed by atoms with van der Waals surface area (Å²) in [4.78, 5) is 17.0. The first kappa shape index (κ1) is 27.9. The second-order valence-corrected chi connectivity index (χ2v) is 10.1. The summed E-state index contributed by atoms with van der Waals surface area (Å²) in [6, 6.07) is 9.56. The van der Waals surface area contributed by atoms with Gasteiger partial charge in [-0.15, -0.1) is 0 Å². The van der Waals surface area contributed by atoms with E-state index in [0.717, 1.165) is 43.0 Å². The number of nitrogens with one attached hydrogen (secondary N) is 1. The number of fused-ring (bicyclic) bond motifs is 1. The van der Waals surface area contributed by atoms with E-state index in [1.807, 2.05) is 6.07 Å². The van der Waals surface area contributed by atoms with Gasteiger partial charge in [0.15, 0.2) is 0 Å². The maximum atomic E-state index is 13.4. The SMILES string of the molecule is CCOC(=O)CC(Cc1cc(OCCc2ccc3c(n2)NCCC3)n(C)n1)c1cc(Br)cc(C(F)(F)F)c1. The number of benzene rings is 1. The number of hydrogen-bond donors (Lipinski definition) is 1. The van der Waals surface area contributed by atoms with Crippen LogP contribution in [0.2, 0.25) is 0 Å². The van der Waals surface area contributed by atoms with Crippen molar-refractivity contribution in [3.8, 4) is 5.88 Å². The molecule has 0 bridgehead atoms. The summed E-state index contributed by atoms with van der Waals surface area (Å²) >= 11 is 3.17. The van der Waals surface area contributed by atoms with E-state index >= 15 is 0 Å². The number of aromatic nitrogens is 3. The lowest BCUT2D eigenvalue weighted by Crippen LogP contribution is -2.14. The minimum Gasteiger partial charge on any atom is -0.477 e. The third kappa shape index (κ3) is 7.27. The molecule has 1 aliphatic heterocycles. The Hall–Kier alpha value is -3.08. The first-order chi connectivity index (χ1) is 18.1. The molecule has 0 saturated carbocycles. The van der Waals surface area contributed by atoms with Crippen molar-refractivity contribution < 1.29 is 27.4 Å². The Balaban J connectivity index is 1.46. The molecule has 38 heavy (non-hydrogen) atoms. The van der Waals surface area contributed by atoms with Crippen molar-refractivity contribution in [3.05, 3.63) is 68.9 Å². The van der Waals surface area contributed by atoms with E-state index in [-0.39, 0.29) is 23.9 Å². The van der Waals surface area contributed by atoms with Gasteiger partial charge in [0.05, 0.1) is 30.9 Å². The maximum Gasteiger partial charge on any atom is 0.416 e. The van der Waals surface area contributed by atoms with Crippen LogP contribution in [0.5, 0.6) is 5.88 Å². The summed E-state index contributed by atoms with van der Waals surface area (Å²) in [5.74, 6) is 0.412. The fraction of sp³-hybridized carbons (Fsp3) is 0.444. The zero-order valence-corrected chi connectivity index (χ0v) is 22.9. The Morgan fingerprint density at radius 3 is 2.79 bits per heavy atom. The number of halogens is 4. The van der Waals surface area contributed by atoms with Gasteiger partial charge >= 0.3 is 12.1 Å². The molecule has 0 fully saturated rings. The number of rotatable bonds is 10. The summed E-state index contributed by atoms with van der Waals surface area (Å²) in [6.45, 7) is 3.19. The third-order valence-electron chi connectivity index (χ3n) is 6.34. The summed E-state index contributed by atoms with van der Waals surface area (Å²) in [5, 5.41) is 7.81. The quantitative estimate of drug-likeness (QED) is 0.296. The molecule has 0 spiro atoms. The van der Waals surface area contributed by atoms with Crippen LogP contribution in [0.4, 0.5) is 19.0 Å². The molecular weight excluding hydrogens is 565 g/mol. The molecule has 204 valence electrons. The van der Waals surface area contributed by atoms with E-state index in [1.165, 1.54) is 5.56 Å². The molecule has 0 radical (unpaired) electrons. The van der Waals surface area contributed by atoms with Gasteiger partial charge in [-0.05, 0) is 67.5 Å². The molecule has 1 N–H and O–H groups in total. The summed E-state index contributed by atoms with van der Waals surface area (Å²) in [7, 11) is 1.74. The Morgan fingerprint density at radius 2 is 2.03 bits per heavy atom. The van der Waals surface area contributed by atoms with Gasteiger partial charge in [-0.25, -0.2) is 9.67 Å². The largest absolute Gasteiger partial charge is 0.477 e. The highest BCUT2D eigenvalue weighted by molar-refractivity contribution is 9.10. The number of carbonyl (C=O) groups is 1. The van der Waals surface area contributed by atoms with Crippen LogP contribution < -0.4 is 10.1 Å². The highest BCUT2D eigenvalue weighted by Gasteiger charge is 2.32. The van der Waals surface area contributed by atoms with Crippen LogP contribution in [0.1, 0.15) is 53.8 Å². The second kappa shape index (κ2) is 12.2. The molecule has 3 heterocycles. The first-order valence-electron chi connectivity index (χ1n) is 12.5. The van der Waals surface area contributed by atoms with E-state index in [9.17, 15) is 18.0 Å². The van der Waals surface area contributed by atoms with E-state index in [2.05, 4.69) is 37.4 Å². The lowest BCUT2D eigenvalue weighted by atomic mass is 9.90. The van der Waals surface area contributed by atoms with Gasteiger partial charge in [0.1, 0.15) is 5.82 Å². The van der Waals surface area contributed by atoms with Crippen molar-refractivity contribution in [3.63, 3.8) is 0 Å². The molecule has 0 aliphatic carbocycles. The third-order valence-corrected chi connectivity index (χ3v) is 6.80. The second-order valence-electron chi connectivity index (χ2n) is 9.22. The highest BCUT2D eigenvalue weighted by atomic mass is 79.9. The lowest BCUT2D eigenvalue weighted by molar-refractivity contribution is -0.143. The number of ether oxygens (including phenoxy) is 2. The molecule has 4 rings (SSSR count). The fourth-order valence-corrected chi connectivity index (χ4v) is 5.01. The van der Waals surface area contributed by atoms with Crippen molar-refractivity contribution in [2.24, 2.45) is 7.05 Å². The topological polar surface area (TPSA) is 78.3 Å². The number of anilines is 1. The van der Waals surface area contributed by atoms with Crippen LogP contribution in [0.25, 0.3) is 0 Å². The Labute approximate surface area is 227 Å². The van der Waals surface area contributed by atoms with Gasteiger partial charge in [-0.2, -0.15) is 18.3 Å². The summed E-state index contributed by atoms with van der Waals surface area (Å²) < 4.78 is 53.2. The zero-order chi connectivity index (χ0) is 27.3. The van der Waals surface area contributed by atoms with Crippen LogP contribution in [-0.2, 0) is 42.0 Å². The fourth-order valence-electron chi connectivity index (χ4n) is 4.50. The highest BCUT2D eigenvalue weighted by Crippen LogP contribution is 2.36. The van der Waals surface area contributed by atoms with Gasteiger partial charge < -0.3 is 14.8 Å². The Kier molecular flexibility index (Phi) is 8.96. The molecule has 0 saturated heterocycles. The van der Waals surface area contributed by atoms with Gasteiger partial charge in [0.2, 0.25) is 5.88 Å². The molecule has 1 aromatic carbocycles. The number of nitrogens with zero attached hydrogens (tertiary/aromatic N) is 3. The summed E-state index contributed by atoms with van der Waals surface area (Å²) in [6.07, 6.45) is -1.61. The Bertz CT molecular complexity index is 1280. The molecule has 1 aliphatic rings. The van der Waals surface area contributed by atoms with Crippen LogP contribution in [-0.4, -0.2) is 40.5 Å². The predicted octanol–water partition coefficient (Wildman–Crippen LogP) is 5.86. The number of pyridine rings is 1. The van der Waals surface area contributed by atoms with Crippen LogP contribution in [0.15, 0.2) is 40.9 Å². The molecule has 1 atom stereocenters. The smallest absolute Gasteiger partial charge is 0.416 e. The number of hydrogen-bond acceptors (Lipinski definition) is 6.